The number of carbonyl (C=O) groups is 1. The zero-order valence-electron chi connectivity index (χ0n) is 18.5. The molecule has 1 atom stereocenters. The molecule has 0 bridgehead atoms. The monoisotopic (exact) mass is 487 g/mol. The van der Waals surface area contributed by atoms with Crippen molar-refractivity contribution in [3.8, 4) is 17.1 Å². The summed E-state index contributed by atoms with van der Waals surface area (Å²) >= 11 is 5.96. The largest absolute Gasteiger partial charge is 0.491 e. The highest BCUT2D eigenvalue weighted by atomic mass is 35.5. The second-order valence-corrected chi connectivity index (χ2v) is 11.1. The molecule has 8 heteroatoms. The van der Waals surface area contributed by atoms with Crippen LogP contribution in [-0.4, -0.2) is 42.9 Å². The first kappa shape index (κ1) is 23.4. The summed E-state index contributed by atoms with van der Waals surface area (Å²) in [6.45, 7) is 4.04. The number of furan rings is 1. The zero-order valence-corrected chi connectivity index (χ0v) is 20.1. The molecule has 2 aromatic carbocycles. The van der Waals surface area contributed by atoms with Crippen LogP contribution in [0.2, 0.25) is 5.02 Å². The van der Waals surface area contributed by atoms with Crippen LogP contribution in [0.4, 0.5) is 0 Å². The van der Waals surface area contributed by atoms with Gasteiger partial charge in [-0.1, -0.05) is 11.6 Å². The van der Waals surface area contributed by atoms with E-state index >= 15 is 0 Å². The molecule has 0 spiro atoms. The Morgan fingerprint density at radius 2 is 1.79 bits per heavy atom. The predicted octanol–water partition coefficient (Wildman–Crippen LogP) is 5.22. The van der Waals surface area contributed by atoms with E-state index in [4.69, 9.17) is 20.8 Å². The summed E-state index contributed by atoms with van der Waals surface area (Å²) < 4.78 is 35.9. The SMILES string of the molecule is CC(C)Oc1ccc(C(=O)N(Cc2ccc(-c3ccc(Cl)cc3)o2)[C@H]2CCS(=O)(=O)C2)cc1. The highest BCUT2D eigenvalue weighted by Gasteiger charge is 2.35. The molecule has 0 aliphatic carbocycles. The lowest BCUT2D eigenvalue weighted by Crippen LogP contribution is -2.40. The molecule has 33 heavy (non-hydrogen) atoms. The molecule has 4 rings (SSSR count). The van der Waals surface area contributed by atoms with E-state index in [1.165, 1.54) is 0 Å². The average molecular weight is 488 g/mol. The number of hydrogen-bond donors (Lipinski definition) is 0. The van der Waals surface area contributed by atoms with Crippen LogP contribution in [0.3, 0.4) is 0 Å². The number of rotatable bonds is 7. The molecule has 1 aromatic heterocycles. The first-order valence-electron chi connectivity index (χ1n) is 10.8. The minimum absolute atomic E-state index is 0.0283. The molecule has 0 unspecified atom stereocenters. The van der Waals surface area contributed by atoms with Crippen LogP contribution in [0.1, 0.15) is 36.4 Å². The van der Waals surface area contributed by atoms with Gasteiger partial charge in [-0.05, 0) is 80.9 Å². The molecule has 0 saturated carbocycles. The molecular formula is C25H26ClNO5S. The predicted molar refractivity (Wildman–Crippen MR) is 128 cm³/mol. The Morgan fingerprint density at radius 3 is 2.39 bits per heavy atom. The normalized spacial score (nSPS) is 17.3. The summed E-state index contributed by atoms with van der Waals surface area (Å²) in [5.74, 6) is 1.71. The minimum atomic E-state index is -3.17. The third-order valence-corrected chi connectivity index (χ3v) is 7.50. The van der Waals surface area contributed by atoms with Crippen molar-refractivity contribution in [3.63, 3.8) is 0 Å². The first-order chi connectivity index (χ1) is 15.7. The van der Waals surface area contributed by atoms with Gasteiger partial charge in [-0.2, -0.15) is 0 Å². The lowest BCUT2D eigenvalue weighted by molar-refractivity contribution is 0.0666. The molecule has 1 amide bonds. The summed E-state index contributed by atoms with van der Waals surface area (Å²) in [4.78, 5) is 15.0. The van der Waals surface area contributed by atoms with Crippen LogP contribution >= 0.6 is 11.6 Å². The van der Waals surface area contributed by atoms with Gasteiger partial charge in [0, 0.05) is 22.2 Å². The Balaban J connectivity index is 1.58. The van der Waals surface area contributed by atoms with E-state index in [0.29, 0.717) is 34.3 Å². The third kappa shape index (κ3) is 5.78. The third-order valence-electron chi connectivity index (χ3n) is 5.50. The van der Waals surface area contributed by atoms with Gasteiger partial charge < -0.3 is 14.1 Å². The summed E-state index contributed by atoms with van der Waals surface area (Å²) in [6.07, 6.45) is 0.438. The Labute approximate surface area is 199 Å². The van der Waals surface area contributed by atoms with E-state index in [-0.39, 0.29) is 30.1 Å². The second kappa shape index (κ2) is 9.61. The number of hydrogen-bond acceptors (Lipinski definition) is 5. The average Bonchev–Trinajstić information content (AvgIpc) is 3.38. The van der Waals surface area contributed by atoms with Crippen molar-refractivity contribution >= 4 is 27.3 Å². The van der Waals surface area contributed by atoms with E-state index in [1.807, 2.05) is 38.1 Å². The highest BCUT2D eigenvalue weighted by molar-refractivity contribution is 7.91. The van der Waals surface area contributed by atoms with Gasteiger partial charge in [0.1, 0.15) is 17.3 Å². The summed E-state index contributed by atoms with van der Waals surface area (Å²) in [5.41, 5.74) is 1.34. The molecule has 1 aliphatic rings. The molecule has 174 valence electrons. The Kier molecular flexibility index (Phi) is 6.81. The summed E-state index contributed by atoms with van der Waals surface area (Å²) in [7, 11) is -3.17. The van der Waals surface area contributed by atoms with Gasteiger partial charge in [-0.15, -0.1) is 0 Å². The van der Waals surface area contributed by atoms with Crippen LogP contribution in [-0.2, 0) is 16.4 Å². The first-order valence-corrected chi connectivity index (χ1v) is 13.0. The van der Waals surface area contributed by atoms with Crippen LogP contribution in [0, 0.1) is 0 Å². The van der Waals surface area contributed by atoms with Crippen molar-refractivity contribution in [1.29, 1.82) is 0 Å². The van der Waals surface area contributed by atoms with E-state index in [9.17, 15) is 13.2 Å². The Morgan fingerprint density at radius 1 is 1.09 bits per heavy atom. The maximum Gasteiger partial charge on any atom is 0.254 e. The van der Waals surface area contributed by atoms with Crippen molar-refractivity contribution < 1.29 is 22.4 Å². The number of carbonyl (C=O) groups excluding carboxylic acids is 1. The van der Waals surface area contributed by atoms with Crippen LogP contribution in [0.25, 0.3) is 11.3 Å². The molecule has 0 N–H and O–H groups in total. The maximum atomic E-state index is 13.4. The molecule has 6 nitrogen and oxygen atoms in total. The van der Waals surface area contributed by atoms with E-state index in [2.05, 4.69) is 0 Å². The number of halogens is 1. The number of nitrogens with zero attached hydrogens (tertiary/aromatic N) is 1. The number of benzene rings is 2. The van der Waals surface area contributed by atoms with Gasteiger partial charge in [-0.3, -0.25) is 4.79 Å². The highest BCUT2D eigenvalue weighted by Crippen LogP contribution is 2.27. The van der Waals surface area contributed by atoms with E-state index < -0.39 is 15.9 Å². The van der Waals surface area contributed by atoms with Gasteiger partial charge in [0.15, 0.2) is 9.84 Å². The van der Waals surface area contributed by atoms with Gasteiger partial charge >= 0.3 is 0 Å². The zero-order chi connectivity index (χ0) is 23.6. The van der Waals surface area contributed by atoms with Gasteiger partial charge in [-0.25, -0.2) is 8.42 Å². The van der Waals surface area contributed by atoms with E-state index in [1.54, 1.807) is 41.3 Å². The van der Waals surface area contributed by atoms with Crippen LogP contribution < -0.4 is 4.74 Å². The fourth-order valence-corrected chi connectivity index (χ4v) is 5.76. The fraction of sp³-hybridized carbons (Fsp3) is 0.320. The second-order valence-electron chi connectivity index (χ2n) is 8.45. The van der Waals surface area contributed by atoms with E-state index in [0.717, 1.165) is 5.56 Å². The van der Waals surface area contributed by atoms with Crippen molar-refractivity contribution in [1.82, 2.24) is 4.90 Å². The van der Waals surface area contributed by atoms with Crippen molar-refractivity contribution in [2.24, 2.45) is 0 Å². The Bertz CT molecular complexity index is 1220. The molecular weight excluding hydrogens is 462 g/mol. The minimum Gasteiger partial charge on any atom is -0.491 e. The fourth-order valence-electron chi connectivity index (χ4n) is 3.90. The molecule has 2 heterocycles. The number of sulfone groups is 1. The smallest absolute Gasteiger partial charge is 0.254 e. The molecule has 1 fully saturated rings. The Hall–Kier alpha value is -2.77. The van der Waals surface area contributed by atoms with Gasteiger partial charge in [0.05, 0.1) is 24.2 Å². The molecule has 1 saturated heterocycles. The maximum absolute atomic E-state index is 13.4. The summed E-state index contributed by atoms with van der Waals surface area (Å²) in [6, 6.07) is 17.4. The van der Waals surface area contributed by atoms with Crippen LogP contribution in [0.5, 0.6) is 5.75 Å². The number of amides is 1. The van der Waals surface area contributed by atoms with Gasteiger partial charge in [0.2, 0.25) is 0 Å². The van der Waals surface area contributed by atoms with Gasteiger partial charge in [0.25, 0.3) is 5.91 Å². The quantitative estimate of drug-likeness (QED) is 0.456. The standard InChI is InChI=1S/C25H26ClNO5S/c1-17(2)31-22-9-5-19(6-10-22)25(28)27(21-13-14-33(29,30)16-21)15-23-11-12-24(32-23)18-3-7-20(26)8-4-18/h3-12,17,21H,13-16H2,1-2H3/t21-/m0/s1. The molecule has 3 aromatic rings. The number of ether oxygens (including phenoxy) is 1. The molecule has 0 radical (unpaired) electrons. The molecule has 1 aliphatic heterocycles. The lowest BCUT2D eigenvalue weighted by atomic mass is 10.1. The topological polar surface area (TPSA) is 76.8 Å². The van der Waals surface area contributed by atoms with Crippen molar-refractivity contribution in [2.75, 3.05) is 11.5 Å². The van der Waals surface area contributed by atoms with Crippen molar-refractivity contribution in [2.45, 2.75) is 39.0 Å². The van der Waals surface area contributed by atoms with Crippen LogP contribution in [0.15, 0.2) is 65.1 Å². The lowest BCUT2D eigenvalue weighted by Gasteiger charge is -2.27. The summed E-state index contributed by atoms with van der Waals surface area (Å²) in [5, 5.41) is 0.634. The van der Waals surface area contributed by atoms with Crippen molar-refractivity contribution in [3.05, 3.63) is 77.0 Å².